The first-order valence-electron chi connectivity index (χ1n) is 6.87. The maximum absolute atomic E-state index is 12.4. The summed E-state index contributed by atoms with van der Waals surface area (Å²) in [5.74, 6) is 1.43. The van der Waals surface area contributed by atoms with Crippen LogP contribution in [0, 0.1) is 0 Å². The van der Waals surface area contributed by atoms with E-state index in [1.807, 2.05) is 0 Å². The van der Waals surface area contributed by atoms with Crippen LogP contribution >= 0.6 is 11.8 Å². The van der Waals surface area contributed by atoms with Gasteiger partial charge in [-0.2, -0.15) is 4.98 Å². The normalized spacial score (nSPS) is 15.6. The number of nitrogens with one attached hydrogen (secondary N) is 2. The van der Waals surface area contributed by atoms with Crippen molar-refractivity contribution < 1.29 is 0 Å². The van der Waals surface area contributed by atoms with Crippen molar-refractivity contribution in [2.24, 2.45) is 7.05 Å². The van der Waals surface area contributed by atoms with Gasteiger partial charge in [-0.15, -0.1) is 6.58 Å². The summed E-state index contributed by atoms with van der Waals surface area (Å²) < 4.78 is 1.55. The number of hydrogen-bond donors (Lipinski definition) is 2. The van der Waals surface area contributed by atoms with Crippen LogP contribution in [0.1, 0.15) is 0 Å². The fourth-order valence-corrected chi connectivity index (χ4v) is 2.99. The predicted molar refractivity (Wildman–Crippen MR) is 85.1 cm³/mol. The minimum Gasteiger partial charge on any atom is -0.340 e. The van der Waals surface area contributed by atoms with E-state index in [1.54, 1.807) is 17.7 Å². The number of thioether (sulfide) groups is 1. The highest BCUT2D eigenvalue weighted by atomic mass is 32.2. The van der Waals surface area contributed by atoms with Crippen LogP contribution < -0.4 is 15.8 Å². The number of aromatic amines is 1. The molecule has 0 spiro atoms. The van der Waals surface area contributed by atoms with Crippen molar-refractivity contribution in [2.45, 2.75) is 5.16 Å². The van der Waals surface area contributed by atoms with Gasteiger partial charge >= 0.3 is 0 Å². The van der Waals surface area contributed by atoms with Gasteiger partial charge in [-0.1, -0.05) is 17.8 Å². The van der Waals surface area contributed by atoms with Crippen molar-refractivity contribution in [3.8, 4) is 0 Å². The minimum absolute atomic E-state index is 0.0968. The number of hydrogen-bond acceptors (Lipinski definition) is 6. The molecule has 1 fully saturated rings. The zero-order valence-electron chi connectivity index (χ0n) is 11.9. The molecule has 3 heterocycles. The molecule has 0 aromatic carbocycles. The maximum Gasteiger partial charge on any atom is 0.280 e. The molecule has 0 bridgehead atoms. The van der Waals surface area contributed by atoms with E-state index >= 15 is 0 Å². The van der Waals surface area contributed by atoms with E-state index in [2.05, 4.69) is 31.7 Å². The Morgan fingerprint density at radius 3 is 2.86 bits per heavy atom. The van der Waals surface area contributed by atoms with E-state index in [0.717, 1.165) is 32.1 Å². The van der Waals surface area contributed by atoms with Gasteiger partial charge in [-0.05, 0) is 0 Å². The van der Waals surface area contributed by atoms with Crippen molar-refractivity contribution in [1.82, 2.24) is 24.8 Å². The molecule has 1 aliphatic heterocycles. The van der Waals surface area contributed by atoms with Crippen molar-refractivity contribution in [3.63, 3.8) is 0 Å². The second-order valence-electron chi connectivity index (χ2n) is 4.85. The second kappa shape index (κ2) is 5.90. The van der Waals surface area contributed by atoms with Crippen molar-refractivity contribution >= 4 is 28.9 Å². The molecule has 112 valence electrons. The average Bonchev–Trinajstić information content (AvgIpc) is 2.94. The van der Waals surface area contributed by atoms with Gasteiger partial charge in [0.25, 0.3) is 5.56 Å². The predicted octanol–water partition coefficient (Wildman–Crippen LogP) is 0.344. The van der Waals surface area contributed by atoms with E-state index in [4.69, 9.17) is 0 Å². The lowest BCUT2D eigenvalue weighted by atomic mass is 10.4. The van der Waals surface area contributed by atoms with Gasteiger partial charge in [0.05, 0.1) is 0 Å². The third kappa shape index (κ3) is 2.68. The molecule has 2 aromatic rings. The number of fused-ring (bicyclic) bond motifs is 1. The van der Waals surface area contributed by atoms with E-state index in [1.165, 1.54) is 11.8 Å². The maximum atomic E-state index is 12.4. The summed E-state index contributed by atoms with van der Waals surface area (Å²) in [5.41, 5.74) is 0.854. The molecular formula is C13H18N6OS. The molecule has 7 nitrogen and oxygen atoms in total. The van der Waals surface area contributed by atoms with Crippen LogP contribution in [0.5, 0.6) is 0 Å². The summed E-state index contributed by atoms with van der Waals surface area (Å²) in [4.78, 5) is 26.6. The molecule has 0 atom stereocenters. The van der Waals surface area contributed by atoms with E-state index in [-0.39, 0.29) is 5.56 Å². The number of anilines is 1. The molecule has 2 aromatic heterocycles. The quantitative estimate of drug-likeness (QED) is 0.482. The number of imidazole rings is 1. The minimum atomic E-state index is -0.0968. The van der Waals surface area contributed by atoms with Crippen LogP contribution in [0.15, 0.2) is 22.6 Å². The zero-order chi connectivity index (χ0) is 14.8. The van der Waals surface area contributed by atoms with Gasteiger partial charge in [0.2, 0.25) is 5.95 Å². The molecule has 0 saturated carbocycles. The lowest BCUT2D eigenvalue weighted by Crippen LogP contribution is -2.44. The molecule has 2 N–H and O–H groups in total. The first-order valence-corrected chi connectivity index (χ1v) is 7.85. The van der Waals surface area contributed by atoms with Crippen LogP contribution in [0.2, 0.25) is 0 Å². The molecule has 3 rings (SSSR count). The molecule has 0 radical (unpaired) electrons. The second-order valence-corrected chi connectivity index (χ2v) is 5.84. The summed E-state index contributed by atoms with van der Waals surface area (Å²) in [7, 11) is 1.73. The molecule has 1 saturated heterocycles. The Balaban J connectivity index is 2.02. The van der Waals surface area contributed by atoms with Gasteiger partial charge in [-0.25, -0.2) is 4.98 Å². The number of nitrogens with zero attached hydrogens (tertiary/aromatic N) is 4. The van der Waals surface area contributed by atoms with Crippen LogP contribution in [0.4, 0.5) is 5.95 Å². The van der Waals surface area contributed by atoms with Gasteiger partial charge in [0, 0.05) is 39.0 Å². The highest BCUT2D eigenvalue weighted by Crippen LogP contribution is 2.18. The largest absolute Gasteiger partial charge is 0.340 e. The van der Waals surface area contributed by atoms with E-state index in [9.17, 15) is 4.79 Å². The Morgan fingerprint density at radius 2 is 2.14 bits per heavy atom. The number of aromatic nitrogens is 4. The van der Waals surface area contributed by atoms with E-state index < -0.39 is 0 Å². The Bertz CT molecular complexity index is 715. The third-order valence-corrected chi connectivity index (χ3v) is 4.45. The van der Waals surface area contributed by atoms with Crippen LogP contribution in [0.25, 0.3) is 11.2 Å². The smallest absolute Gasteiger partial charge is 0.280 e. The van der Waals surface area contributed by atoms with Gasteiger partial charge in [0.15, 0.2) is 16.3 Å². The fourth-order valence-electron chi connectivity index (χ4n) is 2.29. The summed E-state index contributed by atoms with van der Waals surface area (Å²) >= 11 is 1.48. The van der Waals surface area contributed by atoms with Gasteiger partial charge in [0.1, 0.15) is 0 Å². The average molecular weight is 306 g/mol. The van der Waals surface area contributed by atoms with Gasteiger partial charge in [-0.3, -0.25) is 9.36 Å². The lowest BCUT2D eigenvalue weighted by molar-refractivity contribution is 0.582. The fraction of sp³-hybridized carbons (Fsp3) is 0.462. The Hall–Kier alpha value is -1.80. The van der Waals surface area contributed by atoms with E-state index in [0.29, 0.717) is 22.1 Å². The molecular weight excluding hydrogens is 288 g/mol. The standard InChI is InChI=1S/C13H18N6OS/c1-3-8-21-13-17-10-9(11(20)18(13)2)15-12(16-10)19-6-4-14-5-7-19/h3,14H,1,4-8H2,2H3,(H,15,16). The summed E-state index contributed by atoms with van der Waals surface area (Å²) in [6.07, 6.45) is 1.79. The Kier molecular flexibility index (Phi) is 3.98. The number of H-pyrrole nitrogens is 1. The zero-order valence-corrected chi connectivity index (χ0v) is 12.7. The monoisotopic (exact) mass is 306 g/mol. The molecule has 0 unspecified atom stereocenters. The molecule has 0 amide bonds. The molecule has 1 aliphatic rings. The number of piperazine rings is 1. The SMILES string of the molecule is C=CCSc1nc2nc(N3CCNCC3)[nH]c2c(=O)n1C. The lowest BCUT2D eigenvalue weighted by Gasteiger charge is -2.26. The van der Waals surface area contributed by atoms with Crippen molar-refractivity contribution in [3.05, 3.63) is 23.0 Å². The number of rotatable bonds is 4. The Labute approximate surface area is 126 Å². The van der Waals surface area contributed by atoms with Gasteiger partial charge < -0.3 is 15.2 Å². The summed E-state index contributed by atoms with van der Waals surface area (Å²) in [5, 5.41) is 3.95. The van der Waals surface area contributed by atoms with Crippen molar-refractivity contribution in [2.75, 3.05) is 36.8 Å². The molecule has 8 heteroatoms. The highest BCUT2D eigenvalue weighted by Gasteiger charge is 2.18. The molecule has 0 aliphatic carbocycles. The highest BCUT2D eigenvalue weighted by molar-refractivity contribution is 7.99. The van der Waals surface area contributed by atoms with Crippen LogP contribution in [-0.4, -0.2) is 51.5 Å². The van der Waals surface area contributed by atoms with Crippen LogP contribution in [0.3, 0.4) is 0 Å². The summed E-state index contributed by atoms with van der Waals surface area (Å²) in [6, 6.07) is 0. The Morgan fingerprint density at radius 1 is 1.38 bits per heavy atom. The first kappa shape index (κ1) is 14.2. The van der Waals surface area contributed by atoms with Crippen molar-refractivity contribution in [1.29, 1.82) is 0 Å². The first-order chi connectivity index (χ1) is 10.2. The third-order valence-electron chi connectivity index (χ3n) is 3.43. The topological polar surface area (TPSA) is 78.8 Å². The molecule has 21 heavy (non-hydrogen) atoms. The summed E-state index contributed by atoms with van der Waals surface area (Å²) in [6.45, 7) is 7.27. The van der Waals surface area contributed by atoms with Crippen LogP contribution in [-0.2, 0) is 7.05 Å².